The molecular formula is C16H13N3O. The van der Waals surface area contributed by atoms with Crippen LogP contribution in [0.5, 0.6) is 0 Å². The highest BCUT2D eigenvalue weighted by atomic mass is 16.1. The second kappa shape index (κ2) is 5.09. The van der Waals surface area contributed by atoms with E-state index in [-0.39, 0.29) is 0 Å². The van der Waals surface area contributed by atoms with Crippen LogP contribution in [-0.2, 0) is 4.79 Å². The van der Waals surface area contributed by atoms with Crippen LogP contribution in [0.2, 0.25) is 0 Å². The van der Waals surface area contributed by atoms with E-state index in [0.29, 0.717) is 17.8 Å². The van der Waals surface area contributed by atoms with Crippen molar-refractivity contribution in [3.63, 3.8) is 0 Å². The Bertz CT molecular complexity index is 705. The summed E-state index contributed by atoms with van der Waals surface area (Å²) in [5.41, 5.74) is 12.1. The zero-order chi connectivity index (χ0) is 13.9. The third kappa shape index (κ3) is 1.91. The zero-order valence-corrected chi connectivity index (χ0v) is 10.8. The van der Waals surface area contributed by atoms with E-state index in [1.165, 1.54) is 0 Å². The van der Waals surface area contributed by atoms with E-state index >= 15 is 0 Å². The lowest BCUT2D eigenvalue weighted by Crippen LogP contribution is -2.09. The minimum atomic E-state index is 0.571. The molecule has 20 heavy (non-hydrogen) atoms. The SMILES string of the molecule is N=Nc1c(-c2ccccc2)ccc2c1NCC=C2C=O. The third-order valence-corrected chi connectivity index (χ3v) is 3.41. The molecule has 2 aromatic carbocycles. The lowest BCUT2D eigenvalue weighted by molar-refractivity contribution is -0.103. The Hall–Kier alpha value is -2.75. The Kier molecular flexibility index (Phi) is 3.13. The summed E-state index contributed by atoms with van der Waals surface area (Å²) in [6.45, 7) is 0.571. The van der Waals surface area contributed by atoms with Crippen LogP contribution >= 0.6 is 0 Å². The maximum atomic E-state index is 11.1. The summed E-state index contributed by atoms with van der Waals surface area (Å²) in [6, 6.07) is 13.6. The Morgan fingerprint density at radius 2 is 1.85 bits per heavy atom. The van der Waals surface area contributed by atoms with E-state index < -0.39 is 0 Å². The van der Waals surface area contributed by atoms with Crippen LogP contribution in [0.1, 0.15) is 5.56 Å². The van der Waals surface area contributed by atoms with Crippen molar-refractivity contribution in [2.24, 2.45) is 5.11 Å². The molecule has 0 atom stereocenters. The average Bonchev–Trinajstić information content (AvgIpc) is 2.53. The van der Waals surface area contributed by atoms with Gasteiger partial charge in [0, 0.05) is 23.2 Å². The maximum absolute atomic E-state index is 11.1. The number of hydrogen-bond donors (Lipinski definition) is 2. The number of hydrogen-bond acceptors (Lipinski definition) is 4. The van der Waals surface area contributed by atoms with Gasteiger partial charge < -0.3 is 5.32 Å². The fourth-order valence-corrected chi connectivity index (χ4v) is 2.46. The standard InChI is InChI=1S/C16H13N3O/c17-19-16-13(11-4-2-1-3-5-11)6-7-14-12(10-20)8-9-18-15(14)16/h1-8,10,17-18H,9H2. The molecular weight excluding hydrogens is 250 g/mol. The number of rotatable bonds is 3. The zero-order valence-electron chi connectivity index (χ0n) is 10.8. The van der Waals surface area contributed by atoms with Crippen LogP contribution in [0.15, 0.2) is 53.7 Å². The molecule has 0 unspecified atom stereocenters. The van der Waals surface area contributed by atoms with Crippen molar-refractivity contribution in [1.82, 2.24) is 0 Å². The van der Waals surface area contributed by atoms with E-state index in [1.807, 2.05) is 48.5 Å². The van der Waals surface area contributed by atoms with Crippen LogP contribution in [0.4, 0.5) is 11.4 Å². The maximum Gasteiger partial charge on any atom is 0.150 e. The van der Waals surface area contributed by atoms with E-state index in [0.717, 1.165) is 28.7 Å². The molecule has 0 radical (unpaired) electrons. The first-order valence-corrected chi connectivity index (χ1v) is 6.34. The highest BCUT2D eigenvalue weighted by Gasteiger charge is 2.18. The van der Waals surface area contributed by atoms with Gasteiger partial charge in [0.1, 0.15) is 12.0 Å². The molecule has 1 heterocycles. The van der Waals surface area contributed by atoms with Crippen molar-refractivity contribution >= 4 is 23.2 Å². The molecule has 1 aliphatic heterocycles. The molecule has 0 spiro atoms. The molecule has 3 rings (SSSR count). The van der Waals surface area contributed by atoms with E-state index in [1.54, 1.807) is 0 Å². The lowest BCUT2D eigenvalue weighted by Gasteiger charge is -2.20. The van der Waals surface area contributed by atoms with E-state index in [4.69, 9.17) is 5.53 Å². The number of aldehydes is 1. The molecule has 0 aliphatic carbocycles. The predicted molar refractivity (Wildman–Crippen MR) is 79.2 cm³/mol. The molecule has 98 valence electrons. The van der Waals surface area contributed by atoms with Gasteiger partial charge in [-0.1, -0.05) is 48.5 Å². The summed E-state index contributed by atoms with van der Waals surface area (Å²) < 4.78 is 0. The van der Waals surface area contributed by atoms with Gasteiger partial charge in [-0.15, -0.1) is 0 Å². The summed E-state index contributed by atoms with van der Waals surface area (Å²) in [5, 5.41) is 6.88. The van der Waals surface area contributed by atoms with Crippen LogP contribution in [0.25, 0.3) is 16.7 Å². The topological polar surface area (TPSA) is 65.3 Å². The van der Waals surface area contributed by atoms with E-state index in [9.17, 15) is 4.79 Å². The summed E-state index contributed by atoms with van der Waals surface area (Å²) in [6.07, 6.45) is 2.68. The van der Waals surface area contributed by atoms with Crippen molar-refractivity contribution < 1.29 is 4.79 Å². The Morgan fingerprint density at radius 3 is 2.55 bits per heavy atom. The fraction of sp³-hybridized carbons (Fsp3) is 0.0625. The Balaban J connectivity index is 2.23. The average molecular weight is 263 g/mol. The molecule has 0 saturated heterocycles. The van der Waals surface area contributed by atoms with Gasteiger partial charge in [-0.05, 0) is 5.56 Å². The summed E-state index contributed by atoms with van der Waals surface area (Å²) in [4.78, 5) is 11.1. The van der Waals surface area contributed by atoms with Gasteiger partial charge in [-0.25, -0.2) is 5.53 Å². The number of anilines is 1. The summed E-state index contributed by atoms with van der Waals surface area (Å²) in [7, 11) is 0. The number of nitrogens with one attached hydrogen (secondary N) is 2. The fourth-order valence-electron chi connectivity index (χ4n) is 2.46. The van der Waals surface area contributed by atoms with Crippen LogP contribution < -0.4 is 5.32 Å². The minimum absolute atomic E-state index is 0.571. The highest BCUT2D eigenvalue weighted by molar-refractivity contribution is 6.12. The van der Waals surface area contributed by atoms with Crippen LogP contribution in [0.3, 0.4) is 0 Å². The minimum Gasteiger partial charge on any atom is -0.379 e. The number of carbonyl (C=O) groups is 1. The van der Waals surface area contributed by atoms with Crippen molar-refractivity contribution in [2.75, 3.05) is 11.9 Å². The van der Waals surface area contributed by atoms with Gasteiger partial charge in [0.2, 0.25) is 0 Å². The van der Waals surface area contributed by atoms with Gasteiger partial charge in [-0.2, -0.15) is 5.11 Å². The van der Waals surface area contributed by atoms with Gasteiger partial charge in [0.25, 0.3) is 0 Å². The lowest BCUT2D eigenvalue weighted by atomic mass is 9.94. The molecule has 0 fully saturated rings. The molecule has 4 nitrogen and oxygen atoms in total. The molecule has 4 heteroatoms. The largest absolute Gasteiger partial charge is 0.379 e. The normalized spacial score (nSPS) is 12.9. The number of carbonyl (C=O) groups excluding carboxylic acids is 1. The molecule has 2 aromatic rings. The van der Waals surface area contributed by atoms with Crippen LogP contribution in [0, 0.1) is 5.53 Å². The van der Waals surface area contributed by atoms with Crippen molar-refractivity contribution in [1.29, 1.82) is 5.53 Å². The molecule has 0 aromatic heterocycles. The van der Waals surface area contributed by atoms with Crippen molar-refractivity contribution in [2.45, 2.75) is 0 Å². The Morgan fingerprint density at radius 1 is 1.10 bits per heavy atom. The first kappa shape index (κ1) is 12.3. The van der Waals surface area contributed by atoms with Gasteiger partial charge in [0.05, 0.1) is 5.69 Å². The number of benzene rings is 2. The summed E-state index contributed by atoms with van der Waals surface area (Å²) in [5.74, 6) is 0. The van der Waals surface area contributed by atoms with Crippen molar-refractivity contribution in [3.05, 3.63) is 54.1 Å². The molecule has 0 saturated carbocycles. The molecule has 2 N–H and O–H groups in total. The monoisotopic (exact) mass is 263 g/mol. The third-order valence-electron chi connectivity index (χ3n) is 3.41. The van der Waals surface area contributed by atoms with Gasteiger partial charge in [0.15, 0.2) is 0 Å². The van der Waals surface area contributed by atoms with Gasteiger partial charge >= 0.3 is 0 Å². The number of fused-ring (bicyclic) bond motifs is 1. The van der Waals surface area contributed by atoms with E-state index in [2.05, 4.69) is 10.4 Å². The highest BCUT2D eigenvalue weighted by Crippen LogP contribution is 2.42. The molecule has 0 amide bonds. The number of allylic oxidation sites excluding steroid dienone is 1. The first-order valence-electron chi connectivity index (χ1n) is 6.34. The second-order valence-electron chi connectivity index (χ2n) is 4.52. The molecule has 1 aliphatic rings. The summed E-state index contributed by atoms with van der Waals surface area (Å²) >= 11 is 0. The van der Waals surface area contributed by atoms with Crippen LogP contribution in [-0.4, -0.2) is 12.8 Å². The number of nitrogens with zero attached hydrogens (tertiary/aromatic N) is 1. The second-order valence-corrected chi connectivity index (χ2v) is 4.52. The quantitative estimate of drug-likeness (QED) is 0.648. The van der Waals surface area contributed by atoms with Crippen molar-refractivity contribution in [3.8, 4) is 11.1 Å². The first-order chi connectivity index (χ1) is 9.85. The molecule has 0 bridgehead atoms. The Labute approximate surface area is 116 Å². The predicted octanol–water partition coefficient (Wildman–Crippen LogP) is 4.02. The smallest absolute Gasteiger partial charge is 0.150 e. The van der Waals surface area contributed by atoms with Gasteiger partial charge in [-0.3, -0.25) is 4.79 Å².